The maximum Gasteiger partial charge on any atom is 0.337 e. The number of nitrogens with zero attached hydrogens (tertiary/aromatic N) is 5. The van der Waals surface area contributed by atoms with Crippen molar-refractivity contribution in [2.24, 2.45) is 5.92 Å². The molecule has 4 aromatic rings. The first kappa shape index (κ1) is 25.4. The van der Waals surface area contributed by atoms with Crippen LogP contribution in [0.3, 0.4) is 0 Å². The largest absolute Gasteiger partial charge is 0.494 e. The molecule has 1 N–H and O–H groups in total. The molecule has 0 atom stereocenters. The van der Waals surface area contributed by atoms with Crippen LogP contribution in [-0.2, 0) is 16.1 Å². The Morgan fingerprint density at radius 3 is 2.54 bits per heavy atom. The molecule has 2 aliphatic rings. The van der Waals surface area contributed by atoms with Crippen molar-refractivity contribution in [3.05, 3.63) is 47.4 Å². The summed E-state index contributed by atoms with van der Waals surface area (Å²) in [7, 11) is 3.09. The summed E-state index contributed by atoms with van der Waals surface area (Å²) in [5, 5.41) is 15.6. The number of likely N-dealkylation sites (tertiary alicyclic amines) is 1. The molecular weight excluding hydrogens is 498 g/mol. The number of carbonyl (C=O) groups excluding carboxylic acids is 1. The minimum absolute atomic E-state index is 0.0327. The van der Waals surface area contributed by atoms with E-state index in [2.05, 4.69) is 16.7 Å². The quantitative estimate of drug-likeness (QED) is 0.364. The maximum absolute atomic E-state index is 12.3. The molecule has 1 amide bonds. The first-order valence-electron chi connectivity index (χ1n) is 13.4. The number of hydrogen-bond donors (Lipinski definition) is 1. The Hall–Kier alpha value is -3.92. The van der Waals surface area contributed by atoms with Gasteiger partial charge in [0.25, 0.3) is 0 Å². The summed E-state index contributed by atoms with van der Waals surface area (Å²) in [5.74, 6) is 0.352. The molecule has 0 bridgehead atoms. The fourth-order valence-corrected chi connectivity index (χ4v) is 5.90. The summed E-state index contributed by atoms with van der Waals surface area (Å²) in [5.41, 5.74) is 5.82. The Bertz CT molecular complexity index is 1580. The number of rotatable bonds is 8. The van der Waals surface area contributed by atoms with E-state index in [-0.39, 0.29) is 24.0 Å². The predicted molar refractivity (Wildman–Crippen MR) is 145 cm³/mol. The van der Waals surface area contributed by atoms with E-state index in [4.69, 9.17) is 19.6 Å². The van der Waals surface area contributed by atoms with Gasteiger partial charge in [0.05, 0.1) is 29.6 Å². The lowest BCUT2D eigenvalue weighted by molar-refractivity contribution is -0.136. The van der Waals surface area contributed by atoms with E-state index in [1.807, 2.05) is 18.0 Å². The van der Waals surface area contributed by atoms with Gasteiger partial charge in [0.2, 0.25) is 5.91 Å². The molecule has 0 spiro atoms. The molecule has 5 heterocycles. The molecule has 10 heteroatoms. The Morgan fingerprint density at radius 1 is 1.10 bits per heavy atom. The third-order valence-electron chi connectivity index (χ3n) is 8.11. The number of amides is 1. The molecule has 0 unspecified atom stereocenters. The standard InChI is InChI=1S/C29H33N5O5/c1-17-25(31-34-15-21(29(36)37)13-23(39-3)27(17)34)22-12-20-6-9-30-26(28(20)33(22)14-18-4-5-18)19-7-10-32(11-8-19)24(35)16-38-2/h6,9,12-13,15,18-19H,4-5,7-8,10-11,14,16H2,1-3H3,(H,36,37). The minimum atomic E-state index is -1.03. The molecule has 1 saturated carbocycles. The van der Waals surface area contributed by atoms with Crippen LogP contribution in [0.2, 0.25) is 0 Å². The zero-order chi connectivity index (χ0) is 27.3. The van der Waals surface area contributed by atoms with Crippen molar-refractivity contribution in [3.8, 4) is 17.1 Å². The van der Waals surface area contributed by atoms with Crippen molar-refractivity contribution in [2.45, 2.75) is 45.1 Å². The predicted octanol–water partition coefficient (Wildman–Crippen LogP) is 4.13. The smallest absolute Gasteiger partial charge is 0.337 e. The van der Waals surface area contributed by atoms with E-state index in [1.165, 1.54) is 19.0 Å². The number of carboxylic acids is 1. The van der Waals surface area contributed by atoms with E-state index in [0.717, 1.165) is 58.5 Å². The van der Waals surface area contributed by atoms with Gasteiger partial charge in [0.1, 0.15) is 23.6 Å². The van der Waals surface area contributed by atoms with Crippen LogP contribution >= 0.6 is 0 Å². The Balaban J connectivity index is 1.45. The molecule has 204 valence electrons. The highest BCUT2D eigenvalue weighted by atomic mass is 16.5. The zero-order valence-corrected chi connectivity index (χ0v) is 22.5. The molecule has 0 aromatic carbocycles. The second-order valence-corrected chi connectivity index (χ2v) is 10.7. The number of pyridine rings is 2. The first-order valence-corrected chi connectivity index (χ1v) is 13.4. The lowest BCUT2D eigenvalue weighted by Crippen LogP contribution is -2.40. The lowest BCUT2D eigenvalue weighted by atomic mass is 9.92. The fourth-order valence-electron chi connectivity index (χ4n) is 5.90. The number of piperidine rings is 1. The number of carbonyl (C=O) groups is 2. The van der Waals surface area contributed by atoms with Gasteiger partial charge in [-0.3, -0.25) is 9.78 Å². The summed E-state index contributed by atoms with van der Waals surface area (Å²) in [6.07, 6.45) is 7.53. The SMILES string of the molecule is COCC(=O)N1CCC(c2nccc3cc(-c4nn5cc(C(=O)O)cc(OC)c5c4C)n(CC4CC4)c23)CC1. The van der Waals surface area contributed by atoms with Gasteiger partial charge in [-0.05, 0) is 56.7 Å². The maximum atomic E-state index is 12.3. The van der Waals surface area contributed by atoms with Crippen molar-refractivity contribution >= 4 is 28.3 Å². The topological polar surface area (TPSA) is 111 Å². The zero-order valence-electron chi connectivity index (χ0n) is 22.5. The number of ether oxygens (including phenoxy) is 2. The van der Waals surface area contributed by atoms with Gasteiger partial charge in [-0.15, -0.1) is 0 Å². The Kier molecular flexibility index (Phi) is 6.50. The van der Waals surface area contributed by atoms with E-state index in [1.54, 1.807) is 24.8 Å². The average molecular weight is 532 g/mol. The molecule has 2 fully saturated rings. The minimum Gasteiger partial charge on any atom is -0.494 e. The van der Waals surface area contributed by atoms with Crippen LogP contribution in [0.4, 0.5) is 0 Å². The average Bonchev–Trinajstić information content (AvgIpc) is 3.61. The highest BCUT2D eigenvalue weighted by Gasteiger charge is 2.30. The summed E-state index contributed by atoms with van der Waals surface area (Å²) >= 11 is 0. The van der Waals surface area contributed by atoms with Crippen LogP contribution in [0, 0.1) is 12.8 Å². The molecule has 10 nitrogen and oxygen atoms in total. The number of aryl methyl sites for hydroxylation is 1. The fraction of sp³-hybridized carbons (Fsp3) is 0.448. The van der Waals surface area contributed by atoms with E-state index in [9.17, 15) is 14.7 Å². The molecule has 6 rings (SSSR count). The third-order valence-corrected chi connectivity index (χ3v) is 8.11. The normalized spacial score (nSPS) is 16.3. The van der Waals surface area contributed by atoms with Gasteiger partial charge < -0.3 is 24.0 Å². The van der Waals surface area contributed by atoms with Crippen molar-refractivity contribution < 1.29 is 24.2 Å². The number of hydrogen-bond acceptors (Lipinski definition) is 6. The van der Waals surface area contributed by atoms with E-state index in [0.29, 0.717) is 24.8 Å². The van der Waals surface area contributed by atoms with Crippen LogP contribution in [0.1, 0.15) is 53.2 Å². The second-order valence-electron chi connectivity index (χ2n) is 10.7. The van der Waals surface area contributed by atoms with Gasteiger partial charge in [0, 0.05) is 56.0 Å². The van der Waals surface area contributed by atoms with Crippen molar-refractivity contribution in [1.29, 1.82) is 0 Å². The van der Waals surface area contributed by atoms with Crippen LogP contribution in [-0.4, -0.2) is 75.0 Å². The number of carboxylic acid groups (broad SMARTS) is 1. The van der Waals surface area contributed by atoms with Gasteiger partial charge in [0.15, 0.2) is 0 Å². The summed E-state index contributed by atoms with van der Waals surface area (Å²) < 4.78 is 14.6. The lowest BCUT2D eigenvalue weighted by Gasteiger charge is -2.32. The van der Waals surface area contributed by atoms with Crippen LogP contribution in [0.15, 0.2) is 30.6 Å². The van der Waals surface area contributed by atoms with Gasteiger partial charge in [-0.25, -0.2) is 9.31 Å². The van der Waals surface area contributed by atoms with Gasteiger partial charge in [-0.2, -0.15) is 5.10 Å². The summed E-state index contributed by atoms with van der Waals surface area (Å²) in [6.45, 7) is 4.39. The second kappa shape index (κ2) is 10.00. The van der Waals surface area contributed by atoms with E-state index < -0.39 is 5.97 Å². The van der Waals surface area contributed by atoms with Crippen molar-refractivity contribution in [1.82, 2.24) is 24.1 Å². The van der Waals surface area contributed by atoms with Gasteiger partial charge >= 0.3 is 5.97 Å². The highest BCUT2D eigenvalue weighted by Crippen LogP contribution is 2.41. The Morgan fingerprint density at radius 2 is 1.87 bits per heavy atom. The Labute approximate surface area is 226 Å². The molecule has 0 radical (unpaired) electrons. The van der Waals surface area contributed by atoms with Crippen molar-refractivity contribution in [3.63, 3.8) is 0 Å². The first-order chi connectivity index (χ1) is 18.9. The number of methoxy groups -OCH3 is 2. The number of aromatic nitrogens is 4. The summed E-state index contributed by atoms with van der Waals surface area (Å²) in [4.78, 5) is 30.8. The van der Waals surface area contributed by atoms with Crippen LogP contribution in [0.25, 0.3) is 27.8 Å². The molecule has 39 heavy (non-hydrogen) atoms. The summed E-state index contributed by atoms with van der Waals surface area (Å²) in [6, 6.07) is 5.78. The van der Waals surface area contributed by atoms with Crippen LogP contribution < -0.4 is 4.74 Å². The number of aromatic carboxylic acids is 1. The van der Waals surface area contributed by atoms with Crippen molar-refractivity contribution in [2.75, 3.05) is 33.9 Å². The third kappa shape index (κ3) is 4.52. The highest BCUT2D eigenvalue weighted by molar-refractivity contribution is 5.92. The van der Waals surface area contributed by atoms with Crippen LogP contribution in [0.5, 0.6) is 5.75 Å². The molecule has 4 aromatic heterocycles. The monoisotopic (exact) mass is 531 g/mol. The molecular formula is C29H33N5O5. The number of fused-ring (bicyclic) bond motifs is 2. The molecule has 1 aliphatic heterocycles. The molecule has 1 aliphatic carbocycles. The van der Waals surface area contributed by atoms with Gasteiger partial charge in [-0.1, -0.05) is 0 Å². The molecule has 1 saturated heterocycles. The van der Waals surface area contributed by atoms with E-state index >= 15 is 0 Å².